The number of carbonyl (C=O) groups excluding carboxylic acids is 2. The molecule has 1 spiro atoms. The van der Waals surface area contributed by atoms with Gasteiger partial charge in [-0.1, -0.05) is 19.3 Å². The van der Waals surface area contributed by atoms with Gasteiger partial charge in [-0.2, -0.15) is 0 Å². The van der Waals surface area contributed by atoms with Gasteiger partial charge in [0.1, 0.15) is 0 Å². The summed E-state index contributed by atoms with van der Waals surface area (Å²) in [4.78, 5) is 26.0. The van der Waals surface area contributed by atoms with Crippen LogP contribution in [0.15, 0.2) is 0 Å². The highest BCUT2D eigenvalue weighted by molar-refractivity contribution is 5.98. The van der Waals surface area contributed by atoms with E-state index in [4.69, 9.17) is 0 Å². The van der Waals surface area contributed by atoms with Crippen LogP contribution in [0.2, 0.25) is 0 Å². The molecule has 0 aromatic heterocycles. The molecule has 19 heavy (non-hydrogen) atoms. The SMILES string of the molecule is O=C1CC2(CCCC2)CC(=O)N1CC1CCCC1O. The van der Waals surface area contributed by atoms with E-state index in [9.17, 15) is 14.7 Å². The molecule has 0 aromatic rings. The van der Waals surface area contributed by atoms with Gasteiger partial charge in [-0.15, -0.1) is 0 Å². The van der Waals surface area contributed by atoms with Gasteiger partial charge in [-0.25, -0.2) is 0 Å². The van der Waals surface area contributed by atoms with Crippen LogP contribution in [-0.2, 0) is 9.59 Å². The molecule has 2 aliphatic carbocycles. The van der Waals surface area contributed by atoms with E-state index in [0.29, 0.717) is 19.4 Å². The molecule has 2 atom stereocenters. The van der Waals surface area contributed by atoms with E-state index in [1.54, 1.807) is 0 Å². The number of hydrogen-bond acceptors (Lipinski definition) is 3. The molecular formula is C15H23NO3. The molecule has 1 saturated heterocycles. The fourth-order valence-corrected chi connectivity index (χ4v) is 4.18. The lowest BCUT2D eigenvalue weighted by atomic mass is 9.76. The van der Waals surface area contributed by atoms with E-state index in [0.717, 1.165) is 44.9 Å². The highest BCUT2D eigenvalue weighted by Gasteiger charge is 2.45. The van der Waals surface area contributed by atoms with E-state index in [1.807, 2.05) is 0 Å². The van der Waals surface area contributed by atoms with Crippen molar-refractivity contribution in [2.45, 2.75) is 63.9 Å². The molecule has 0 radical (unpaired) electrons. The molecule has 1 N–H and O–H groups in total. The predicted octanol–water partition coefficient (Wildman–Crippen LogP) is 1.86. The molecule has 4 nitrogen and oxygen atoms in total. The molecule has 1 heterocycles. The molecular weight excluding hydrogens is 242 g/mol. The van der Waals surface area contributed by atoms with E-state index < -0.39 is 0 Å². The van der Waals surface area contributed by atoms with Crippen molar-refractivity contribution < 1.29 is 14.7 Å². The first-order valence-corrected chi connectivity index (χ1v) is 7.61. The summed E-state index contributed by atoms with van der Waals surface area (Å²) in [5.74, 6) is 0.0972. The van der Waals surface area contributed by atoms with E-state index in [-0.39, 0.29) is 29.3 Å². The Kier molecular flexibility index (Phi) is 3.37. The van der Waals surface area contributed by atoms with Crippen LogP contribution in [-0.4, -0.2) is 34.5 Å². The third-order valence-corrected chi connectivity index (χ3v) is 5.35. The van der Waals surface area contributed by atoms with Gasteiger partial charge in [0, 0.05) is 25.3 Å². The molecule has 2 amide bonds. The Hall–Kier alpha value is -0.900. The summed E-state index contributed by atoms with van der Waals surface area (Å²) >= 11 is 0. The van der Waals surface area contributed by atoms with Gasteiger partial charge in [0.2, 0.25) is 11.8 Å². The summed E-state index contributed by atoms with van der Waals surface area (Å²) in [5, 5.41) is 9.85. The van der Waals surface area contributed by atoms with Crippen LogP contribution in [0.3, 0.4) is 0 Å². The Morgan fingerprint density at radius 3 is 2.21 bits per heavy atom. The van der Waals surface area contributed by atoms with E-state index in [1.165, 1.54) is 4.90 Å². The van der Waals surface area contributed by atoms with Crippen LogP contribution in [0.4, 0.5) is 0 Å². The summed E-state index contributed by atoms with van der Waals surface area (Å²) in [6.07, 6.45) is 7.88. The van der Waals surface area contributed by atoms with Crippen molar-refractivity contribution in [1.82, 2.24) is 4.90 Å². The second-order valence-electron chi connectivity index (χ2n) is 6.72. The standard InChI is InChI=1S/C15H23NO3/c17-12-5-3-4-11(12)10-16-13(18)8-15(9-14(16)19)6-1-2-7-15/h11-12,17H,1-10H2. The smallest absolute Gasteiger partial charge is 0.229 e. The molecule has 106 valence electrons. The number of amides is 2. The molecule has 0 bridgehead atoms. The van der Waals surface area contributed by atoms with Gasteiger partial charge < -0.3 is 5.11 Å². The Labute approximate surface area is 114 Å². The van der Waals surface area contributed by atoms with Crippen LogP contribution < -0.4 is 0 Å². The van der Waals surface area contributed by atoms with Gasteiger partial charge in [-0.3, -0.25) is 14.5 Å². The number of piperidine rings is 1. The second-order valence-corrected chi connectivity index (χ2v) is 6.72. The minimum Gasteiger partial charge on any atom is -0.393 e. The summed E-state index contributed by atoms with van der Waals surface area (Å²) in [7, 11) is 0. The largest absolute Gasteiger partial charge is 0.393 e. The molecule has 3 aliphatic rings. The highest BCUT2D eigenvalue weighted by atomic mass is 16.3. The average molecular weight is 265 g/mol. The number of likely N-dealkylation sites (tertiary alicyclic amines) is 1. The van der Waals surface area contributed by atoms with Crippen molar-refractivity contribution in [1.29, 1.82) is 0 Å². The first-order valence-electron chi connectivity index (χ1n) is 7.61. The third-order valence-electron chi connectivity index (χ3n) is 5.35. The maximum absolute atomic E-state index is 12.3. The molecule has 1 aliphatic heterocycles. The first-order chi connectivity index (χ1) is 9.10. The predicted molar refractivity (Wildman–Crippen MR) is 70.2 cm³/mol. The number of nitrogens with zero attached hydrogens (tertiary/aromatic N) is 1. The number of imide groups is 1. The topological polar surface area (TPSA) is 57.6 Å². The summed E-state index contributed by atoms with van der Waals surface area (Å²) in [5.41, 5.74) is -0.0149. The molecule has 2 unspecified atom stereocenters. The number of hydrogen-bond donors (Lipinski definition) is 1. The zero-order valence-electron chi connectivity index (χ0n) is 11.4. The van der Waals surface area contributed by atoms with E-state index in [2.05, 4.69) is 0 Å². The zero-order chi connectivity index (χ0) is 13.5. The van der Waals surface area contributed by atoms with Gasteiger partial charge in [-0.05, 0) is 31.1 Å². The van der Waals surface area contributed by atoms with E-state index >= 15 is 0 Å². The fourth-order valence-electron chi connectivity index (χ4n) is 4.18. The van der Waals surface area contributed by atoms with Gasteiger partial charge in [0.15, 0.2) is 0 Å². The maximum Gasteiger partial charge on any atom is 0.229 e. The van der Waals surface area contributed by atoms with Crippen LogP contribution in [0.25, 0.3) is 0 Å². The highest BCUT2D eigenvalue weighted by Crippen LogP contribution is 2.47. The maximum atomic E-state index is 12.3. The molecule has 4 heteroatoms. The van der Waals surface area contributed by atoms with Gasteiger partial charge >= 0.3 is 0 Å². The van der Waals surface area contributed by atoms with Crippen molar-refractivity contribution in [3.05, 3.63) is 0 Å². The lowest BCUT2D eigenvalue weighted by molar-refractivity contribution is -0.154. The number of rotatable bonds is 2. The van der Waals surface area contributed by atoms with Crippen molar-refractivity contribution in [2.24, 2.45) is 11.3 Å². The molecule has 0 aromatic carbocycles. The Morgan fingerprint density at radius 1 is 1.05 bits per heavy atom. The lowest BCUT2D eigenvalue weighted by Gasteiger charge is -2.38. The Balaban J connectivity index is 1.67. The third kappa shape index (κ3) is 2.42. The quantitative estimate of drug-likeness (QED) is 0.775. The number of aliphatic hydroxyl groups is 1. The van der Waals surface area contributed by atoms with Crippen molar-refractivity contribution in [2.75, 3.05) is 6.54 Å². The number of carbonyl (C=O) groups is 2. The Bertz CT molecular complexity index is 367. The Morgan fingerprint density at radius 2 is 1.68 bits per heavy atom. The van der Waals surface area contributed by atoms with Crippen molar-refractivity contribution >= 4 is 11.8 Å². The normalized spacial score (nSPS) is 34.5. The van der Waals surface area contributed by atoms with Gasteiger partial charge in [0.25, 0.3) is 0 Å². The summed E-state index contributed by atoms with van der Waals surface area (Å²) in [6, 6.07) is 0. The number of aliphatic hydroxyl groups excluding tert-OH is 1. The lowest BCUT2D eigenvalue weighted by Crippen LogP contribution is -2.49. The summed E-state index contributed by atoms with van der Waals surface area (Å²) in [6.45, 7) is 0.439. The van der Waals surface area contributed by atoms with Crippen molar-refractivity contribution in [3.8, 4) is 0 Å². The second kappa shape index (κ2) is 4.89. The monoisotopic (exact) mass is 265 g/mol. The molecule has 2 saturated carbocycles. The van der Waals surface area contributed by atoms with Crippen LogP contribution >= 0.6 is 0 Å². The summed E-state index contributed by atoms with van der Waals surface area (Å²) < 4.78 is 0. The fraction of sp³-hybridized carbons (Fsp3) is 0.867. The van der Waals surface area contributed by atoms with Crippen LogP contribution in [0.1, 0.15) is 57.8 Å². The zero-order valence-corrected chi connectivity index (χ0v) is 11.4. The minimum atomic E-state index is -0.331. The minimum absolute atomic E-state index is 0.00255. The van der Waals surface area contributed by atoms with Gasteiger partial charge in [0.05, 0.1) is 6.10 Å². The molecule has 3 fully saturated rings. The molecule has 3 rings (SSSR count). The first kappa shape index (κ1) is 13.1. The van der Waals surface area contributed by atoms with Crippen molar-refractivity contribution in [3.63, 3.8) is 0 Å². The average Bonchev–Trinajstić information content (AvgIpc) is 2.94. The van der Waals surface area contributed by atoms with Crippen LogP contribution in [0, 0.1) is 11.3 Å². The van der Waals surface area contributed by atoms with Crippen LogP contribution in [0.5, 0.6) is 0 Å².